The highest BCUT2D eigenvalue weighted by atomic mass is 16.1. The maximum Gasteiger partial charge on any atom is 0.219 e. The van der Waals surface area contributed by atoms with Crippen molar-refractivity contribution >= 4 is 5.91 Å². The van der Waals surface area contributed by atoms with Gasteiger partial charge in [0.05, 0.1) is 0 Å². The molecule has 0 radical (unpaired) electrons. The summed E-state index contributed by atoms with van der Waals surface area (Å²) in [6, 6.07) is 0. The predicted molar refractivity (Wildman–Crippen MR) is 43.8 cm³/mol. The zero-order chi connectivity index (χ0) is 8.32. The van der Waals surface area contributed by atoms with E-state index in [-0.39, 0.29) is 11.4 Å². The molecule has 1 saturated carbocycles. The summed E-state index contributed by atoms with van der Waals surface area (Å²) in [4.78, 5) is 10.6. The minimum absolute atomic E-state index is 0.269. The fourth-order valence-electron chi connectivity index (χ4n) is 1.78. The van der Waals surface area contributed by atoms with Crippen molar-refractivity contribution < 1.29 is 4.79 Å². The molecule has 0 heterocycles. The summed E-state index contributed by atoms with van der Waals surface area (Å²) < 4.78 is 0. The third-order valence-corrected chi connectivity index (χ3v) is 2.38. The van der Waals surface area contributed by atoms with Crippen molar-refractivity contribution in [1.82, 2.24) is 0 Å². The lowest BCUT2D eigenvalue weighted by Crippen LogP contribution is -2.44. The second-order valence-corrected chi connectivity index (χ2v) is 3.57. The largest absolute Gasteiger partial charge is 0.370 e. The summed E-state index contributed by atoms with van der Waals surface area (Å²) in [7, 11) is 0. The van der Waals surface area contributed by atoms with Crippen molar-refractivity contribution in [2.45, 2.75) is 44.1 Å². The molecule has 0 aromatic rings. The summed E-state index contributed by atoms with van der Waals surface area (Å²) in [5.74, 6) is -0.269. The van der Waals surface area contributed by atoms with Crippen LogP contribution < -0.4 is 11.5 Å². The highest BCUT2D eigenvalue weighted by Crippen LogP contribution is 2.28. The van der Waals surface area contributed by atoms with Crippen molar-refractivity contribution in [2.24, 2.45) is 11.5 Å². The van der Waals surface area contributed by atoms with Gasteiger partial charge >= 0.3 is 0 Å². The lowest BCUT2D eigenvalue weighted by molar-refractivity contribution is -0.119. The zero-order valence-electron chi connectivity index (χ0n) is 6.81. The number of hydrogen-bond donors (Lipinski definition) is 2. The van der Waals surface area contributed by atoms with Crippen LogP contribution in [0.15, 0.2) is 0 Å². The lowest BCUT2D eigenvalue weighted by atomic mass is 9.80. The van der Waals surface area contributed by atoms with Gasteiger partial charge in [-0.2, -0.15) is 0 Å². The number of hydrogen-bond acceptors (Lipinski definition) is 2. The van der Waals surface area contributed by atoms with Crippen molar-refractivity contribution in [3.8, 4) is 0 Å². The van der Waals surface area contributed by atoms with Crippen LogP contribution in [0.25, 0.3) is 0 Å². The van der Waals surface area contributed by atoms with Crippen LogP contribution >= 0.6 is 0 Å². The van der Waals surface area contributed by atoms with E-state index in [0.29, 0.717) is 6.42 Å². The second-order valence-electron chi connectivity index (χ2n) is 3.57. The van der Waals surface area contributed by atoms with Gasteiger partial charge in [0.25, 0.3) is 0 Å². The van der Waals surface area contributed by atoms with E-state index in [0.717, 1.165) is 25.7 Å². The number of nitrogens with two attached hydrogens (primary N) is 2. The van der Waals surface area contributed by atoms with E-state index in [2.05, 4.69) is 0 Å². The monoisotopic (exact) mass is 156 g/mol. The molecule has 3 nitrogen and oxygen atoms in total. The van der Waals surface area contributed by atoms with Crippen LogP contribution in [0.5, 0.6) is 0 Å². The summed E-state index contributed by atoms with van der Waals surface area (Å²) in [6.45, 7) is 0. The van der Waals surface area contributed by atoms with Crippen LogP contribution in [0.1, 0.15) is 38.5 Å². The molecule has 1 fully saturated rings. The van der Waals surface area contributed by atoms with E-state index in [1.165, 1.54) is 6.42 Å². The van der Waals surface area contributed by atoms with Gasteiger partial charge in [-0.3, -0.25) is 4.79 Å². The maximum atomic E-state index is 10.6. The average molecular weight is 156 g/mol. The fourth-order valence-corrected chi connectivity index (χ4v) is 1.78. The molecule has 64 valence electrons. The Bertz CT molecular complexity index is 150. The lowest BCUT2D eigenvalue weighted by Gasteiger charge is -2.32. The van der Waals surface area contributed by atoms with Crippen molar-refractivity contribution in [3.05, 3.63) is 0 Å². The number of primary amides is 1. The molecule has 3 heteroatoms. The van der Waals surface area contributed by atoms with Crippen LogP contribution in [-0.2, 0) is 4.79 Å². The van der Waals surface area contributed by atoms with Gasteiger partial charge in [0.1, 0.15) is 0 Å². The minimum atomic E-state index is -0.274. The normalized spacial score (nSPS) is 23.0. The van der Waals surface area contributed by atoms with E-state index in [1.54, 1.807) is 0 Å². The molecular weight excluding hydrogens is 140 g/mol. The Kier molecular flexibility index (Phi) is 2.49. The van der Waals surface area contributed by atoms with Gasteiger partial charge < -0.3 is 11.5 Å². The van der Waals surface area contributed by atoms with Gasteiger partial charge in [0.2, 0.25) is 5.91 Å². The molecule has 0 aromatic heterocycles. The van der Waals surface area contributed by atoms with Gasteiger partial charge in [0.15, 0.2) is 0 Å². The Hall–Kier alpha value is -0.570. The standard InChI is InChI=1S/C8H16N2O/c9-7(11)6-8(10)4-2-1-3-5-8/h1-6,10H2,(H2,9,11). The molecular formula is C8H16N2O. The molecule has 1 aliphatic carbocycles. The number of amides is 1. The Morgan fingerprint density at radius 1 is 1.27 bits per heavy atom. The molecule has 0 atom stereocenters. The SMILES string of the molecule is NC(=O)CC1(N)CCCCC1. The van der Waals surface area contributed by atoms with Gasteiger partial charge in [0, 0.05) is 12.0 Å². The fraction of sp³-hybridized carbons (Fsp3) is 0.875. The molecule has 0 bridgehead atoms. The molecule has 11 heavy (non-hydrogen) atoms. The maximum absolute atomic E-state index is 10.6. The van der Waals surface area contributed by atoms with Crippen LogP contribution in [0.4, 0.5) is 0 Å². The Morgan fingerprint density at radius 2 is 1.82 bits per heavy atom. The van der Waals surface area contributed by atoms with E-state index in [9.17, 15) is 4.79 Å². The average Bonchev–Trinajstić information content (AvgIpc) is 1.85. The highest BCUT2D eigenvalue weighted by molar-refractivity contribution is 5.75. The van der Waals surface area contributed by atoms with Crippen molar-refractivity contribution in [2.75, 3.05) is 0 Å². The van der Waals surface area contributed by atoms with Crippen LogP contribution in [0.2, 0.25) is 0 Å². The van der Waals surface area contributed by atoms with Crippen LogP contribution in [-0.4, -0.2) is 11.4 Å². The highest BCUT2D eigenvalue weighted by Gasteiger charge is 2.28. The summed E-state index contributed by atoms with van der Waals surface area (Å²) >= 11 is 0. The second kappa shape index (κ2) is 3.22. The molecule has 1 amide bonds. The Labute approximate surface area is 67.1 Å². The first-order valence-electron chi connectivity index (χ1n) is 4.20. The quantitative estimate of drug-likeness (QED) is 0.612. The van der Waals surface area contributed by atoms with Gasteiger partial charge in [-0.05, 0) is 12.8 Å². The first-order valence-corrected chi connectivity index (χ1v) is 4.20. The van der Waals surface area contributed by atoms with Crippen LogP contribution in [0, 0.1) is 0 Å². The Balaban J connectivity index is 2.43. The molecule has 1 rings (SSSR count). The molecule has 0 unspecified atom stereocenters. The van der Waals surface area contributed by atoms with Gasteiger partial charge in [-0.15, -0.1) is 0 Å². The van der Waals surface area contributed by atoms with Crippen LogP contribution in [0.3, 0.4) is 0 Å². The van der Waals surface area contributed by atoms with Crippen molar-refractivity contribution in [3.63, 3.8) is 0 Å². The molecule has 1 aliphatic rings. The van der Waals surface area contributed by atoms with E-state index >= 15 is 0 Å². The van der Waals surface area contributed by atoms with E-state index < -0.39 is 0 Å². The zero-order valence-corrected chi connectivity index (χ0v) is 6.81. The number of carbonyl (C=O) groups excluding carboxylic acids is 1. The number of carbonyl (C=O) groups is 1. The number of rotatable bonds is 2. The third kappa shape index (κ3) is 2.50. The first kappa shape index (κ1) is 8.53. The molecule has 4 N–H and O–H groups in total. The molecule has 0 saturated heterocycles. The summed E-state index contributed by atoms with van der Waals surface area (Å²) in [5, 5.41) is 0. The topological polar surface area (TPSA) is 69.1 Å². The molecule has 0 spiro atoms. The van der Waals surface area contributed by atoms with E-state index in [1.807, 2.05) is 0 Å². The summed E-state index contributed by atoms with van der Waals surface area (Å²) in [6.07, 6.45) is 5.80. The molecule has 0 aliphatic heterocycles. The van der Waals surface area contributed by atoms with Gasteiger partial charge in [-0.25, -0.2) is 0 Å². The predicted octanol–water partition coefficient (Wildman–Crippen LogP) is 0.523. The molecule has 0 aromatic carbocycles. The van der Waals surface area contributed by atoms with Gasteiger partial charge in [-0.1, -0.05) is 19.3 Å². The van der Waals surface area contributed by atoms with Crippen molar-refractivity contribution in [1.29, 1.82) is 0 Å². The minimum Gasteiger partial charge on any atom is -0.370 e. The first-order chi connectivity index (χ1) is 5.12. The Morgan fingerprint density at radius 3 is 2.27 bits per heavy atom. The smallest absolute Gasteiger partial charge is 0.219 e. The summed E-state index contributed by atoms with van der Waals surface area (Å²) in [5.41, 5.74) is 10.8. The third-order valence-electron chi connectivity index (χ3n) is 2.38. The van der Waals surface area contributed by atoms with E-state index in [4.69, 9.17) is 11.5 Å².